The molecule has 0 aromatic heterocycles. The highest BCUT2D eigenvalue weighted by Crippen LogP contribution is 2.30. The smallest absolute Gasteiger partial charge is 0.208 e. The summed E-state index contributed by atoms with van der Waals surface area (Å²) in [6.07, 6.45) is 5.49. The molecule has 1 aliphatic rings. The summed E-state index contributed by atoms with van der Waals surface area (Å²) in [5, 5.41) is 0. The van der Waals surface area contributed by atoms with Gasteiger partial charge in [0.15, 0.2) is 0 Å². The average molecular weight is 439 g/mol. The summed E-state index contributed by atoms with van der Waals surface area (Å²) in [4.78, 5) is 0.302. The van der Waals surface area contributed by atoms with Crippen LogP contribution in [-0.4, -0.2) is 14.5 Å². The summed E-state index contributed by atoms with van der Waals surface area (Å²) in [5.74, 6) is 0.384. The van der Waals surface area contributed by atoms with Crippen molar-refractivity contribution >= 4 is 41.9 Å². The van der Waals surface area contributed by atoms with Gasteiger partial charge < -0.3 is 0 Å². The molecule has 0 radical (unpaired) electrons. The van der Waals surface area contributed by atoms with Crippen LogP contribution in [0, 0.1) is 12.8 Å². The highest BCUT2D eigenvalue weighted by molar-refractivity contribution is 9.11. The Hall–Kier alpha value is 0.0900. The van der Waals surface area contributed by atoms with Gasteiger partial charge in [0.2, 0.25) is 10.0 Å². The van der Waals surface area contributed by atoms with Crippen LogP contribution in [-0.2, 0) is 10.0 Å². The molecule has 2 unspecified atom stereocenters. The molecule has 6 heteroatoms. The Kier molecular flexibility index (Phi) is 5.91. The van der Waals surface area contributed by atoms with Crippen LogP contribution in [0.5, 0.6) is 0 Å². The molecule has 1 aromatic carbocycles. The Morgan fingerprint density at radius 2 is 1.76 bits per heavy atom. The van der Waals surface area contributed by atoms with E-state index >= 15 is 0 Å². The van der Waals surface area contributed by atoms with Gasteiger partial charge in [-0.15, -0.1) is 0 Å². The normalized spacial score (nSPS) is 23.8. The molecule has 0 heterocycles. The average Bonchev–Trinajstić information content (AvgIpc) is 2.59. The van der Waals surface area contributed by atoms with Gasteiger partial charge in [0.25, 0.3) is 0 Å². The molecule has 1 N–H and O–H groups in total. The molecule has 118 valence electrons. The summed E-state index contributed by atoms with van der Waals surface area (Å²) >= 11 is 6.78. The lowest BCUT2D eigenvalue weighted by atomic mass is 9.98. The van der Waals surface area contributed by atoms with Crippen LogP contribution in [0.15, 0.2) is 26.0 Å². The molecular weight excluding hydrogens is 418 g/mol. The SMILES string of the molecule is Cc1cc(Br)c(S(=O)(=O)NC2CCCCCC2C)cc1Br. The molecule has 21 heavy (non-hydrogen) atoms. The fraction of sp³-hybridized carbons (Fsp3) is 0.600. The minimum absolute atomic E-state index is 0.0319. The van der Waals surface area contributed by atoms with Crippen LogP contribution >= 0.6 is 31.9 Å². The number of sulfonamides is 1. The standard InChI is InChI=1S/C15H21Br2NO2S/c1-10-6-4-3-5-7-14(10)18-21(19,20)15-9-12(16)11(2)8-13(15)17/h8-10,14,18H,3-7H2,1-2H3. The fourth-order valence-corrected chi connectivity index (χ4v) is 5.82. The lowest BCUT2D eigenvalue weighted by Crippen LogP contribution is -2.38. The number of aryl methyl sites for hydroxylation is 1. The fourth-order valence-electron chi connectivity index (χ4n) is 2.76. The molecule has 0 bridgehead atoms. The maximum atomic E-state index is 12.7. The van der Waals surface area contributed by atoms with E-state index in [2.05, 4.69) is 43.5 Å². The molecule has 2 atom stereocenters. The van der Waals surface area contributed by atoms with Crippen LogP contribution in [0.1, 0.15) is 44.6 Å². The van der Waals surface area contributed by atoms with Gasteiger partial charge in [0.05, 0.1) is 4.90 Å². The molecule has 0 saturated heterocycles. The minimum Gasteiger partial charge on any atom is -0.208 e. The van der Waals surface area contributed by atoms with Gasteiger partial charge in [-0.2, -0.15) is 0 Å². The Labute approximate surface area is 144 Å². The van der Waals surface area contributed by atoms with E-state index in [1.54, 1.807) is 6.07 Å². The Morgan fingerprint density at radius 3 is 2.48 bits per heavy atom. The maximum Gasteiger partial charge on any atom is 0.241 e. The van der Waals surface area contributed by atoms with Crippen molar-refractivity contribution < 1.29 is 8.42 Å². The topological polar surface area (TPSA) is 46.2 Å². The van der Waals surface area contributed by atoms with Crippen molar-refractivity contribution in [3.8, 4) is 0 Å². The lowest BCUT2D eigenvalue weighted by Gasteiger charge is -2.23. The van der Waals surface area contributed by atoms with E-state index in [-0.39, 0.29) is 6.04 Å². The lowest BCUT2D eigenvalue weighted by molar-refractivity contribution is 0.399. The number of benzene rings is 1. The Bertz CT molecular complexity index is 616. The summed E-state index contributed by atoms with van der Waals surface area (Å²) in [6, 6.07) is 3.53. The Morgan fingerprint density at radius 1 is 1.10 bits per heavy atom. The zero-order valence-electron chi connectivity index (χ0n) is 12.3. The molecule has 0 amide bonds. The van der Waals surface area contributed by atoms with E-state index in [4.69, 9.17) is 0 Å². The number of hydrogen-bond donors (Lipinski definition) is 1. The van der Waals surface area contributed by atoms with Crippen molar-refractivity contribution in [1.29, 1.82) is 0 Å². The molecule has 1 saturated carbocycles. The second-order valence-corrected chi connectivity index (χ2v) is 9.27. The molecule has 2 rings (SSSR count). The van der Waals surface area contributed by atoms with Crippen LogP contribution in [0.3, 0.4) is 0 Å². The first-order valence-corrected chi connectivity index (χ1v) is 10.4. The van der Waals surface area contributed by atoms with Crippen molar-refractivity contribution in [1.82, 2.24) is 4.72 Å². The van der Waals surface area contributed by atoms with Gasteiger partial charge in [-0.3, -0.25) is 0 Å². The van der Waals surface area contributed by atoms with Crippen LogP contribution in [0.25, 0.3) is 0 Å². The zero-order chi connectivity index (χ0) is 15.6. The number of halogens is 2. The highest BCUT2D eigenvalue weighted by Gasteiger charge is 2.27. The predicted octanol–water partition coefficient (Wildman–Crippen LogP) is 4.77. The van der Waals surface area contributed by atoms with Gasteiger partial charge >= 0.3 is 0 Å². The quantitative estimate of drug-likeness (QED) is 0.691. The van der Waals surface area contributed by atoms with Gasteiger partial charge in [0.1, 0.15) is 0 Å². The second kappa shape index (κ2) is 7.11. The van der Waals surface area contributed by atoms with Crippen molar-refractivity contribution in [2.45, 2.75) is 56.9 Å². The molecule has 1 fully saturated rings. The maximum absolute atomic E-state index is 12.7. The van der Waals surface area contributed by atoms with Crippen LogP contribution in [0.2, 0.25) is 0 Å². The van der Waals surface area contributed by atoms with E-state index in [0.717, 1.165) is 29.3 Å². The number of hydrogen-bond acceptors (Lipinski definition) is 2. The minimum atomic E-state index is -3.51. The first kappa shape index (κ1) is 17.4. The predicted molar refractivity (Wildman–Crippen MR) is 92.9 cm³/mol. The third-order valence-electron chi connectivity index (χ3n) is 4.17. The molecule has 1 aliphatic carbocycles. The Balaban J connectivity index is 2.27. The van der Waals surface area contributed by atoms with E-state index < -0.39 is 10.0 Å². The largest absolute Gasteiger partial charge is 0.241 e. The van der Waals surface area contributed by atoms with Crippen molar-refractivity contribution in [3.05, 3.63) is 26.6 Å². The molecule has 0 aliphatic heterocycles. The van der Waals surface area contributed by atoms with Crippen LogP contribution in [0.4, 0.5) is 0 Å². The van der Waals surface area contributed by atoms with Crippen molar-refractivity contribution in [3.63, 3.8) is 0 Å². The van der Waals surface area contributed by atoms with Crippen molar-refractivity contribution in [2.24, 2.45) is 5.92 Å². The van der Waals surface area contributed by atoms with Crippen molar-refractivity contribution in [2.75, 3.05) is 0 Å². The van der Waals surface area contributed by atoms with Gasteiger partial charge in [-0.1, -0.05) is 42.1 Å². The first-order chi connectivity index (χ1) is 9.81. The van der Waals surface area contributed by atoms with E-state index in [1.807, 2.05) is 13.0 Å². The summed E-state index contributed by atoms with van der Waals surface area (Å²) in [7, 11) is -3.51. The van der Waals surface area contributed by atoms with E-state index in [1.165, 1.54) is 12.8 Å². The molecule has 1 aromatic rings. The first-order valence-electron chi connectivity index (χ1n) is 7.29. The third kappa shape index (κ3) is 4.30. The second-order valence-electron chi connectivity index (χ2n) is 5.87. The molecule has 0 spiro atoms. The summed E-state index contributed by atoms with van der Waals surface area (Å²) < 4.78 is 29.7. The van der Waals surface area contributed by atoms with Gasteiger partial charge in [0, 0.05) is 15.0 Å². The van der Waals surface area contributed by atoms with E-state index in [9.17, 15) is 8.42 Å². The monoisotopic (exact) mass is 437 g/mol. The molecular formula is C15H21Br2NO2S. The van der Waals surface area contributed by atoms with Gasteiger partial charge in [-0.05, 0) is 59.3 Å². The third-order valence-corrected chi connectivity index (χ3v) is 7.47. The summed E-state index contributed by atoms with van der Waals surface area (Å²) in [5.41, 5.74) is 1.00. The zero-order valence-corrected chi connectivity index (χ0v) is 16.3. The number of rotatable bonds is 3. The summed E-state index contributed by atoms with van der Waals surface area (Å²) in [6.45, 7) is 4.07. The number of nitrogens with one attached hydrogen (secondary N) is 1. The van der Waals surface area contributed by atoms with Gasteiger partial charge in [-0.25, -0.2) is 13.1 Å². The van der Waals surface area contributed by atoms with E-state index in [0.29, 0.717) is 15.3 Å². The highest BCUT2D eigenvalue weighted by atomic mass is 79.9. The van der Waals surface area contributed by atoms with Crippen LogP contribution < -0.4 is 4.72 Å². The molecule has 3 nitrogen and oxygen atoms in total.